The molecule has 0 radical (unpaired) electrons. The summed E-state index contributed by atoms with van der Waals surface area (Å²) in [5.41, 5.74) is 15.7. The molecule has 6 heteroatoms. The first-order chi connectivity index (χ1) is 33.7. The molecule has 0 spiro atoms. The van der Waals surface area contributed by atoms with E-state index in [0.29, 0.717) is 16.7 Å². The first kappa shape index (κ1) is 37.7. The maximum atomic E-state index is 10.3. The van der Waals surface area contributed by atoms with Gasteiger partial charge in [0.15, 0.2) is 0 Å². The van der Waals surface area contributed by atoms with E-state index in [1.807, 2.05) is 24.3 Å². The third-order valence-corrected chi connectivity index (χ3v) is 13.9. The van der Waals surface area contributed by atoms with Crippen LogP contribution in [-0.4, -0.2) is 13.7 Å². The van der Waals surface area contributed by atoms with Crippen LogP contribution in [0.4, 0.5) is 0 Å². The minimum Gasteiger partial charge on any atom is -0.456 e. The zero-order valence-corrected chi connectivity index (χ0v) is 36.4. The molecule has 0 aliphatic carbocycles. The van der Waals surface area contributed by atoms with E-state index in [2.05, 4.69) is 196 Å². The van der Waals surface area contributed by atoms with Gasteiger partial charge in [-0.15, -0.1) is 0 Å². The Kier molecular flexibility index (Phi) is 8.01. The first-order valence-corrected chi connectivity index (χ1v) is 22.7. The Labute approximate surface area is 389 Å². The van der Waals surface area contributed by atoms with Crippen molar-refractivity contribution in [2.24, 2.45) is 0 Å². The highest BCUT2D eigenvalue weighted by Gasteiger charge is 2.24. The van der Waals surface area contributed by atoms with Gasteiger partial charge < -0.3 is 18.1 Å². The molecule has 0 bridgehead atoms. The quantitative estimate of drug-likeness (QED) is 0.173. The minimum absolute atomic E-state index is 0.460. The van der Waals surface area contributed by atoms with Crippen molar-refractivity contribution in [2.75, 3.05) is 0 Å². The summed E-state index contributed by atoms with van der Waals surface area (Å²) in [6, 6.07) is 79.0. The number of para-hydroxylation sites is 5. The van der Waals surface area contributed by atoms with Crippen molar-refractivity contribution >= 4 is 87.4 Å². The zero-order chi connectivity index (χ0) is 45.0. The molecule has 10 aromatic carbocycles. The molecule has 68 heavy (non-hydrogen) atoms. The predicted octanol–water partition coefficient (Wildman–Crippen LogP) is 16.0. The zero-order valence-electron chi connectivity index (χ0n) is 36.4. The van der Waals surface area contributed by atoms with Crippen molar-refractivity contribution in [2.45, 2.75) is 0 Å². The van der Waals surface area contributed by atoms with Crippen molar-refractivity contribution in [1.82, 2.24) is 13.7 Å². The second-order valence-electron chi connectivity index (χ2n) is 17.4. The Morgan fingerprint density at radius 1 is 0.353 bits per heavy atom. The van der Waals surface area contributed by atoms with Gasteiger partial charge in [0.2, 0.25) is 0 Å². The van der Waals surface area contributed by atoms with Gasteiger partial charge in [0.1, 0.15) is 11.2 Å². The molecular formula is C62H35N5O. The molecule has 0 unspecified atom stereocenters. The summed E-state index contributed by atoms with van der Waals surface area (Å²) in [5, 5.41) is 29.7. The molecule has 0 fully saturated rings. The lowest BCUT2D eigenvalue weighted by Gasteiger charge is -2.18. The van der Waals surface area contributed by atoms with Crippen LogP contribution >= 0.6 is 0 Å². The van der Waals surface area contributed by atoms with E-state index in [1.54, 1.807) is 18.2 Å². The van der Waals surface area contributed by atoms with E-state index in [4.69, 9.17) is 4.42 Å². The van der Waals surface area contributed by atoms with Crippen LogP contribution in [0.1, 0.15) is 11.1 Å². The standard InChI is InChI=1S/C62H35N5O/c63-36-40-16-13-17-41(37-64)60(40)39-15-12-14-38(32-39)44-29-28-43(65-52-24-8-5-21-46(52)50-34-51-47-22-7-11-27-58(47)68-59(51)35-57(50)65)33-56(44)67-54-26-10-6-23-49(54)61-55(67)31-30-48-45-20-4-9-25-53(45)66(62(48)61)42-18-2-1-3-19-42/h1-35H. The Balaban J connectivity index is 1.11. The van der Waals surface area contributed by atoms with Crippen LogP contribution in [0, 0.1) is 22.7 Å². The van der Waals surface area contributed by atoms with E-state index in [1.165, 1.54) is 10.8 Å². The fourth-order valence-electron chi connectivity index (χ4n) is 11.1. The fourth-order valence-corrected chi connectivity index (χ4v) is 11.1. The molecule has 4 heterocycles. The maximum Gasteiger partial charge on any atom is 0.137 e. The maximum absolute atomic E-state index is 10.3. The van der Waals surface area contributed by atoms with Crippen molar-refractivity contribution < 1.29 is 4.42 Å². The molecule has 0 amide bonds. The summed E-state index contributed by atoms with van der Waals surface area (Å²) < 4.78 is 13.7. The Morgan fingerprint density at radius 2 is 0.985 bits per heavy atom. The Bertz CT molecular complexity index is 4500. The van der Waals surface area contributed by atoms with Crippen molar-refractivity contribution in [1.29, 1.82) is 10.5 Å². The lowest BCUT2D eigenvalue weighted by atomic mass is 9.92. The van der Waals surface area contributed by atoms with Gasteiger partial charge in [-0.25, -0.2) is 0 Å². The molecule has 0 aliphatic rings. The number of furan rings is 1. The molecule has 0 saturated heterocycles. The van der Waals surface area contributed by atoms with E-state index >= 15 is 0 Å². The first-order valence-electron chi connectivity index (χ1n) is 22.7. The highest BCUT2D eigenvalue weighted by atomic mass is 16.3. The molecule has 14 aromatic rings. The molecule has 6 nitrogen and oxygen atoms in total. The van der Waals surface area contributed by atoms with Crippen LogP contribution in [0.3, 0.4) is 0 Å². The molecule has 314 valence electrons. The molecular weight excluding hydrogens is 831 g/mol. The summed E-state index contributed by atoms with van der Waals surface area (Å²) in [4.78, 5) is 0. The number of rotatable bonds is 5. The van der Waals surface area contributed by atoms with E-state index in [0.717, 1.165) is 110 Å². The normalized spacial score (nSPS) is 11.8. The van der Waals surface area contributed by atoms with Crippen LogP contribution in [0.15, 0.2) is 217 Å². The number of hydrogen-bond acceptors (Lipinski definition) is 3. The second kappa shape index (κ2) is 14.4. The number of aromatic nitrogens is 3. The number of benzene rings is 10. The fraction of sp³-hybridized carbons (Fsp3) is 0. The minimum atomic E-state index is 0.460. The Morgan fingerprint density at radius 3 is 1.75 bits per heavy atom. The van der Waals surface area contributed by atoms with Crippen LogP contribution in [-0.2, 0) is 0 Å². The number of fused-ring (bicyclic) bond motifs is 13. The van der Waals surface area contributed by atoms with Crippen molar-refractivity contribution in [3.8, 4) is 51.5 Å². The molecule has 4 aromatic heterocycles. The van der Waals surface area contributed by atoms with Gasteiger partial charge in [0, 0.05) is 71.7 Å². The van der Waals surface area contributed by atoms with Gasteiger partial charge in [-0.2, -0.15) is 10.5 Å². The summed E-state index contributed by atoms with van der Waals surface area (Å²) in [6.07, 6.45) is 0. The van der Waals surface area contributed by atoms with Crippen LogP contribution in [0.2, 0.25) is 0 Å². The van der Waals surface area contributed by atoms with E-state index < -0.39 is 0 Å². The SMILES string of the molecule is N#Cc1cccc(C#N)c1-c1cccc(-c2ccc(-n3c4ccccc4c4cc5c(cc43)oc3ccccc35)cc2-n2c3ccccc3c3c2ccc2c4ccccc4n(-c4ccccc4)c23)c1. The van der Waals surface area contributed by atoms with Gasteiger partial charge in [0.25, 0.3) is 0 Å². The van der Waals surface area contributed by atoms with Gasteiger partial charge in [0.05, 0.1) is 62.1 Å². The summed E-state index contributed by atoms with van der Waals surface area (Å²) in [5.74, 6) is 0. The molecule has 0 saturated carbocycles. The van der Waals surface area contributed by atoms with Crippen molar-refractivity contribution in [3.05, 3.63) is 223 Å². The van der Waals surface area contributed by atoms with Gasteiger partial charge in [-0.3, -0.25) is 0 Å². The molecule has 0 aliphatic heterocycles. The number of nitrogens with zero attached hydrogens (tertiary/aromatic N) is 5. The highest BCUT2D eigenvalue weighted by Crippen LogP contribution is 2.45. The average Bonchev–Trinajstić information content (AvgIpc) is 4.14. The van der Waals surface area contributed by atoms with Crippen LogP contribution in [0.25, 0.3) is 127 Å². The summed E-state index contributed by atoms with van der Waals surface area (Å²) in [6.45, 7) is 0. The third-order valence-electron chi connectivity index (χ3n) is 13.9. The molecule has 14 rings (SSSR count). The lowest BCUT2D eigenvalue weighted by molar-refractivity contribution is 0.669. The van der Waals surface area contributed by atoms with Gasteiger partial charge >= 0.3 is 0 Å². The predicted molar refractivity (Wildman–Crippen MR) is 277 cm³/mol. The van der Waals surface area contributed by atoms with Crippen LogP contribution < -0.4 is 0 Å². The average molecular weight is 866 g/mol. The monoisotopic (exact) mass is 865 g/mol. The van der Waals surface area contributed by atoms with Gasteiger partial charge in [-0.1, -0.05) is 127 Å². The number of nitriles is 2. The Hall–Kier alpha value is -9.62. The summed E-state index contributed by atoms with van der Waals surface area (Å²) >= 11 is 0. The second-order valence-corrected chi connectivity index (χ2v) is 17.4. The highest BCUT2D eigenvalue weighted by molar-refractivity contribution is 6.26. The van der Waals surface area contributed by atoms with Crippen LogP contribution in [0.5, 0.6) is 0 Å². The molecule has 0 atom stereocenters. The number of hydrogen-bond donors (Lipinski definition) is 0. The molecule has 0 N–H and O–H groups in total. The van der Waals surface area contributed by atoms with Crippen molar-refractivity contribution in [3.63, 3.8) is 0 Å². The smallest absolute Gasteiger partial charge is 0.137 e. The lowest BCUT2D eigenvalue weighted by Crippen LogP contribution is -2.01. The topological polar surface area (TPSA) is 75.5 Å². The van der Waals surface area contributed by atoms with E-state index in [-0.39, 0.29) is 0 Å². The largest absolute Gasteiger partial charge is 0.456 e. The third kappa shape index (κ3) is 5.31. The van der Waals surface area contributed by atoms with E-state index in [9.17, 15) is 10.5 Å². The summed E-state index contributed by atoms with van der Waals surface area (Å²) in [7, 11) is 0. The van der Waals surface area contributed by atoms with Gasteiger partial charge in [-0.05, 0) is 90.0 Å².